The minimum absolute atomic E-state index is 0.970. The number of allylic oxidation sites excluding steroid dienone is 6. The summed E-state index contributed by atoms with van der Waals surface area (Å²) in [6, 6.07) is 8.86. The molecule has 1 aromatic rings. The van der Waals surface area contributed by atoms with Crippen molar-refractivity contribution in [3.8, 4) is 0 Å². The fraction of sp³-hybridized carbons (Fsp3) is 0.562. The first-order chi connectivity index (χ1) is 15.6. The maximum Gasteiger partial charge on any atom is -0.00697 e. The molecule has 0 heterocycles. The van der Waals surface area contributed by atoms with Gasteiger partial charge in [0.2, 0.25) is 0 Å². The molecular weight excluding hydrogens is 384 g/mol. The average molecular weight is 439 g/mol. The first-order valence-corrected chi connectivity index (χ1v) is 13.3. The van der Waals surface area contributed by atoms with E-state index in [1.165, 1.54) is 60.8 Å². The van der Waals surface area contributed by atoms with Crippen molar-refractivity contribution in [1.82, 2.24) is 0 Å². The molecule has 2 rings (SSSR count). The summed E-state index contributed by atoms with van der Waals surface area (Å²) in [6.07, 6.45) is 21.2. The molecule has 0 heteroatoms. The second kappa shape index (κ2) is 23.8. The van der Waals surface area contributed by atoms with Crippen molar-refractivity contribution in [3.63, 3.8) is 0 Å². The largest absolute Gasteiger partial charge is 0.0995 e. The van der Waals surface area contributed by atoms with E-state index >= 15 is 0 Å². The van der Waals surface area contributed by atoms with Gasteiger partial charge in [-0.15, -0.1) is 0 Å². The van der Waals surface area contributed by atoms with Crippen LogP contribution in [-0.4, -0.2) is 0 Å². The highest BCUT2D eigenvalue weighted by Gasteiger charge is 2.09. The Balaban J connectivity index is 0. The molecule has 0 atom stereocenters. The molecule has 0 saturated heterocycles. The summed E-state index contributed by atoms with van der Waals surface area (Å²) in [6.45, 7) is 22.6. The van der Waals surface area contributed by atoms with Crippen LogP contribution in [0, 0.1) is 5.92 Å². The quantitative estimate of drug-likeness (QED) is 0.265. The molecule has 1 aliphatic carbocycles. The molecule has 0 aromatic heterocycles. The lowest BCUT2D eigenvalue weighted by Crippen LogP contribution is -2.03. The topological polar surface area (TPSA) is 0 Å². The van der Waals surface area contributed by atoms with E-state index in [0.29, 0.717) is 0 Å². The second-order valence-corrected chi connectivity index (χ2v) is 7.98. The van der Waals surface area contributed by atoms with Crippen LogP contribution >= 0.6 is 0 Å². The Morgan fingerprint density at radius 3 is 1.91 bits per heavy atom. The van der Waals surface area contributed by atoms with E-state index in [4.69, 9.17) is 0 Å². The first-order valence-electron chi connectivity index (χ1n) is 13.3. The standard InChI is InChI=1S/C20H26.C8H16.2C2H6/c1-5-8-9-18(6-2)11-10-17(4)16-20-14-12-19(7-3)13-15-20;1-2-8-6-4-3-5-7-8;2*1-2/h5-6,8-9,12-15H,2,4,7,10-11,16H2,1,3H3;8H,2-7H2,1H3;2*1-2H3/b8-5-,18-9+;;;. The highest BCUT2D eigenvalue weighted by molar-refractivity contribution is 5.27. The van der Waals surface area contributed by atoms with E-state index in [9.17, 15) is 0 Å². The van der Waals surface area contributed by atoms with Crippen LogP contribution in [0.4, 0.5) is 0 Å². The van der Waals surface area contributed by atoms with Crippen LogP contribution in [0.3, 0.4) is 0 Å². The normalized spacial score (nSPS) is 13.7. The average Bonchev–Trinajstić information content (AvgIpc) is 2.88. The second-order valence-electron chi connectivity index (χ2n) is 7.98. The van der Waals surface area contributed by atoms with Crippen molar-refractivity contribution < 1.29 is 0 Å². The van der Waals surface area contributed by atoms with Crippen molar-refractivity contribution in [1.29, 1.82) is 0 Å². The summed E-state index contributed by atoms with van der Waals surface area (Å²) >= 11 is 0. The maximum absolute atomic E-state index is 4.20. The van der Waals surface area contributed by atoms with Gasteiger partial charge in [-0.3, -0.25) is 0 Å². The summed E-state index contributed by atoms with van der Waals surface area (Å²) in [5.74, 6) is 1.09. The fourth-order valence-corrected chi connectivity index (χ4v) is 3.66. The Morgan fingerprint density at radius 1 is 0.906 bits per heavy atom. The van der Waals surface area contributed by atoms with Crippen molar-refractivity contribution in [2.75, 3.05) is 0 Å². The zero-order chi connectivity index (χ0) is 24.6. The van der Waals surface area contributed by atoms with E-state index in [0.717, 1.165) is 31.6 Å². The van der Waals surface area contributed by atoms with E-state index < -0.39 is 0 Å². The summed E-state index contributed by atoms with van der Waals surface area (Å²) in [5, 5.41) is 0. The number of aryl methyl sites for hydroxylation is 1. The Hall–Kier alpha value is -1.82. The van der Waals surface area contributed by atoms with Gasteiger partial charge in [0.15, 0.2) is 0 Å². The van der Waals surface area contributed by atoms with Crippen molar-refractivity contribution in [2.45, 2.75) is 113 Å². The summed E-state index contributed by atoms with van der Waals surface area (Å²) in [4.78, 5) is 0. The van der Waals surface area contributed by atoms with Gasteiger partial charge in [-0.05, 0) is 55.2 Å². The van der Waals surface area contributed by atoms with Crippen LogP contribution in [0.25, 0.3) is 0 Å². The van der Waals surface area contributed by atoms with Gasteiger partial charge >= 0.3 is 0 Å². The highest BCUT2D eigenvalue weighted by Crippen LogP contribution is 2.25. The first kappa shape index (κ1) is 32.4. The monoisotopic (exact) mass is 438 g/mol. The Morgan fingerprint density at radius 2 is 1.47 bits per heavy atom. The third kappa shape index (κ3) is 16.8. The van der Waals surface area contributed by atoms with Crippen LogP contribution in [-0.2, 0) is 12.8 Å². The van der Waals surface area contributed by atoms with Crippen LogP contribution in [0.5, 0.6) is 0 Å². The minimum Gasteiger partial charge on any atom is -0.0995 e. The molecule has 1 fully saturated rings. The van der Waals surface area contributed by atoms with Gasteiger partial charge in [-0.1, -0.05) is 147 Å². The van der Waals surface area contributed by atoms with E-state index in [2.05, 4.69) is 63.4 Å². The van der Waals surface area contributed by atoms with Crippen molar-refractivity contribution in [3.05, 3.63) is 84.0 Å². The predicted molar refractivity (Wildman–Crippen MR) is 151 cm³/mol. The van der Waals surface area contributed by atoms with Gasteiger partial charge in [-0.2, -0.15) is 0 Å². The van der Waals surface area contributed by atoms with Crippen LogP contribution in [0.1, 0.15) is 111 Å². The summed E-state index contributed by atoms with van der Waals surface area (Å²) < 4.78 is 0. The molecule has 182 valence electrons. The van der Waals surface area contributed by atoms with E-state index in [-0.39, 0.29) is 0 Å². The summed E-state index contributed by atoms with van der Waals surface area (Å²) in [7, 11) is 0. The van der Waals surface area contributed by atoms with Gasteiger partial charge in [0, 0.05) is 0 Å². The van der Waals surface area contributed by atoms with E-state index in [1.54, 1.807) is 0 Å². The molecule has 0 aliphatic heterocycles. The molecule has 1 aliphatic rings. The smallest absolute Gasteiger partial charge is 0.00697 e. The number of rotatable bonds is 9. The lowest BCUT2D eigenvalue weighted by atomic mass is 9.88. The lowest BCUT2D eigenvalue weighted by molar-refractivity contribution is 0.349. The molecule has 0 spiro atoms. The van der Waals surface area contributed by atoms with Crippen molar-refractivity contribution >= 4 is 0 Å². The Labute approximate surface area is 202 Å². The number of benzene rings is 1. The molecule has 1 saturated carbocycles. The fourth-order valence-electron chi connectivity index (χ4n) is 3.66. The van der Waals surface area contributed by atoms with Gasteiger partial charge in [-0.25, -0.2) is 0 Å². The van der Waals surface area contributed by atoms with Crippen LogP contribution < -0.4 is 0 Å². The van der Waals surface area contributed by atoms with Gasteiger partial charge in [0.1, 0.15) is 0 Å². The Kier molecular flexibility index (Phi) is 24.1. The third-order valence-corrected chi connectivity index (χ3v) is 5.72. The highest BCUT2D eigenvalue weighted by atomic mass is 14.2. The predicted octanol–water partition coefficient (Wildman–Crippen LogP) is 10.8. The molecule has 0 radical (unpaired) electrons. The van der Waals surface area contributed by atoms with Gasteiger partial charge in [0.25, 0.3) is 0 Å². The van der Waals surface area contributed by atoms with Crippen LogP contribution in [0.2, 0.25) is 0 Å². The summed E-state index contributed by atoms with van der Waals surface area (Å²) in [5.41, 5.74) is 5.29. The van der Waals surface area contributed by atoms with Crippen molar-refractivity contribution in [2.24, 2.45) is 5.92 Å². The molecule has 0 nitrogen and oxygen atoms in total. The molecule has 0 N–H and O–H groups in total. The SMILES string of the molecule is C=C/C(=C\C=C/C)CCC(=C)Cc1ccc(CC)cc1.CC.CC.CCC1CCCCC1. The minimum atomic E-state index is 0.970. The molecular formula is C32H54. The van der Waals surface area contributed by atoms with Gasteiger partial charge in [0.05, 0.1) is 0 Å². The molecule has 32 heavy (non-hydrogen) atoms. The maximum atomic E-state index is 4.20. The van der Waals surface area contributed by atoms with Crippen LogP contribution in [0.15, 0.2) is 72.9 Å². The third-order valence-electron chi connectivity index (χ3n) is 5.72. The van der Waals surface area contributed by atoms with E-state index in [1.807, 2.05) is 46.8 Å². The molecule has 0 unspecified atom stereocenters. The van der Waals surface area contributed by atoms with Gasteiger partial charge < -0.3 is 0 Å². The zero-order valence-corrected chi connectivity index (χ0v) is 22.7. The number of hydrogen-bond donors (Lipinski definition) is 0. The molecule has 1 aromatic carbocycles. The molecule has 0 bridgehead atoms. The zero-order valence-electron chi connectivity index (χ0n) is 22.7. The Bertz CT molecular complexity index is 606. The molecule has 0 amide bonds. The lowest BCUT2D eigenvalue weighted by Gasteiger charge is -2.18. The number of hydrogen-bond acceptors (Lipinski definition) is 0.